The Morgan fingerprint density at radius 1 is 1.35 bits per heavy atom. The van der Waals surface area contributed by atoms with Crippen LogP contribution in [0.1, 0.15) is 44.2 Å². The van der Waals surface area contributed by atoms with Gasteiger partial charge in [-0.05, 0) is 37.6 Å². The molecule has 2 fully saturated rings. The average Bonchev–Trinajstić information content (AvgIpc) is 3.48. The lowest BCUT2D eigenvalue weighted by molar-refractivity contribution is -0.0327. The number of rotatable bonds is 6. The van der Waals surface area contributed by atoms with Crippen LogP contribution in [0, 0.1) is 5.92 Å². The van der Waals surface area contributed by atoms with Crippen LogP contribution in [0.2, 0.25) is 0 Å². The summed E-state index contributed by atoms with van der Waals surface area (Å²) in [5.41, 5.74) is 0. The van der Waals surface area contributed by atoms with Crippen LogP contribution < -0.4 is 5.32 Å². The van der Waals surface area contributed by atoms with E-state index in [0.717, 1.165) is 58.3 Å². The third kappa shape index (κ3) is 5.48. The molecule has 0 bridgehead atoms. The highest BCUT2D eigenvalue weighted by Gasteiger charge is 2.30. The van der Waals surface area contributed by atoms with E-state index in [-0.39, 0.29) is 6.10 Å². The van der Waals surface area contributed by atoms with E-state index in [4.69, 9.17) is 9.73 Å². The van der Waals surface area contributed by atoms with E-state index >= 15 is 0 Å². The monoisotopic (exact) mass is 444 g/mol. The maximum Gasteiger partial charge on any atom is 0.194 e. The Hall–Kier alpha value is -1.90. The lowest BCUT2D eigenvalue weighted by Crippen LogP contribution is -2.49. The van der Waals surface area contributed by atoms with Crippen LogP contribution in [0.5, 0.6) is 0 Å². The SMILES string of the molecule is CCNC(=NCC(c1cccs1)N1CCOC(C)C1)N1CCC(C)C(n2ccnc2)C1. The molecule has 4 rings (SSSR count). The first-order valence-electron chi connectivity index (χ1n) is 11.6. The minimum atomic E-state index is 0.271. The Morgan fingerprint density at radius 2 is 2.26 bits per heavy atom. The molecule has 0 aliphatic carbocycles. The van der Waals surface area contributed by atoms with Gasteiger partial charge in [0.2, 0.25) is 0 Å². The van der Waals surface area contributed by atoms with Gasteiger partial charge >= 0.3 is 0 Å². The van der Waals surface area contributed by atoms with Crippen LogP contribution in [0.4, 0.5) is 0 Å². The maximum absolute atomic E-state index is 5.79. The van der Waals surface area contributed by atoms with Gasteiger partial charge in [0, 0.05) is 50.0 Å². The zero-order chi connectivity index (χ0) is 21.6. The third-order valence-electron chi connectivity index (χ3n) is 6.46. The number of thiophene rings is 1. The van der Waals surface area contributed by atoms with E-state index in [2.05, 4.69) is 69.1 Å². The molecule has 4 heterocycles. The second-order valence-electron chi connectivity index (χ2n) is 8.69. The molecule has 1 N–H and O–H groups in total. The molecule has 2 aromatic rings. The molecule has 0 amide bonds. The van der Waals surface area contributed by atoms with E-state index in [9.17, 15) is 0 Å². The fourth-order valence-electron chi connectivity index (χ4n) is 4.69. The summed E-state index contributed by atoms with van der Waals surface area (Å²) in [6.07, 6.45) is 7.33. The van der Waals surface area contributed by atoms with Crippen molar-refractivity contribution >= 4 is 17.3 Å². The van der Waals surface area contributed by atoms with E-state index in [1.165, 1.54) is 4.88 Å². The van der Waals surface area contributed by atoms with Crippen molar-refractivity contribution in [3.05, 3.63) is 41.1 Å². The van der Waals surface area contributed by atoms with Gasteiger partial charge in [0.05, 0.1) is 37.7 Å². The minimum Gasteiger partial charge on any atom is -0.376 e. The number of ether oxygens (including phenoxy) is 1. The predicted molar refractivity (Wildman–Crippen MR) is 127 cm³/mol. The highest BCUT2D eigenvalue weighted by molar-refractivity contribution is 7.10. The fraction of sp³-hybridized carbons (Fsp3) is 0.652. The summed E-state index contributed by atoms with van der Waals surface area (Å²) < 4.78 is 8.04. The summed E-state index contributed by atoms with van der Waals surface area (Å²) in [5.74, 6) is 1.66. The summed E-state index contributed by atoms with van der Waals surface area (Å²) in [6, 6.07) is 5.12. The van der Waals surface area contributed by atoms with Gasteiger partial charge in [0.25, 0.3) is 0 Å². The van der Waals surface area contributed by atoms with Gasteiger partial charge in [-0.1, -0.05) is 13.0 Å². The number of hydrogen-bond acceptors (Lipinski definition) is 5. The van der Waals surface area contributed by atoms with Crippen molar-refractivity contribution < 1.29 is 4.74 Å². The number of guanidine groups is 1. The topological polar surface area (TPSA) is 57.9 Å². The number of nitrogens with zero attached hydrogens (tertiary/aromatic N) is 5. The van der Waals surface area contributed by atoms with Crippen molar-refractivity contribution in [3.63, 3.8) is 0 Å². The Labute approximate surface area is 190 Å². The molecule has 0 radical (unpaired) electrons. The number of imidazole rings is 1. The number of aliphatic imine (C=N–C) groups is 1. The molecule has 0 aromatic carbocycles. The van der Waals surface area contributed by atoms with E-state index in [1.807, 2.05) is 23.9 Å². The van der Waals surface area contributed by atoms with E-state index in [0.29, 0.717) is 18.0 Å². The molecule has 7 nitrogen and oxygen atoms in total. The Kier molecular flexibility index (Phi) is 7.63. The first kappa shape index (κ1) is 22.3. The van der Waals surface area contributed by atoms with Gasteiger partial charge in [0.1, 0.15) is 0 Å². The summed E-state index contributed by atoms with van der Waals surface area (Å²) in [7, 11) is 0. The van der Waals surface area contributed by atoms with Crippen molar-refractivity contribution in [2.24, 2.45) is 10.9 Å². The first-order chi connectivity index (χ1) is 15.2. The second-order valence-corrected chi connectivity index (χ2v) is 9.67. The van der Waals surface area contributed by atoms with Crippen LogP contribution >= 0.6 is 11.3 Å². The number of piperidine rings is 1. The Bertz CT molecular complexity index is 808. The maximum atomic E-state index is 5.79. The lowest BCUT2D eigenvalue weighted by Gasteiger charge is -2.40. The van der Waals surface area contributed by atoms with Crippen LogP contribution in [0.15, 0.2) is 41.2 Å². The van der Waals surface area contributed by atoms with Gasteiger partial charge in [0.15, 0.2) is 5.96 Å². The molecule has 4 unspecified atom stereocenters. The molecule has 2 aliphatic rings. The Balaban J connectivity index is 1.51. The second kappa shape index (κ2) is 10.6. The summed E-state index contributed by atoms with van der Waals surface area (Å²) >= 11 is 1.83. The standard InChI is InChI=1S/C23H36N6OS/c1-4-25-23(28-9-7-18(2)21(16-28)29-10-8-24-17-29)26-14-20(22-6-5-13-31-22)27-11-12-30-19(3)15-27/h5-6,8,10,13,17-21H,4,7,9,11-12,14-16H2,1-3H3,(H,25,26). The van der Waals surface area contributed by atoms with Gasteiger partial charge in [-0.2, -0.15) is 0 Å². The van der Waals surface area contributed by atoms with Crippen molar-refractivity contribution in [1.82, 2.24) is 24.7 Å². The van der Waals surface area contributed by atoms with Gasteiger partial charge in [-0.3, -0.25) is 9.89 Å². The number of likely N-dealkylation sites (tertiary alicyclic amines) is 1. The molecular weight excluding hydrogens is 408 g/mol. The number of aromatic nitrogens is 2. The summed E-state index contributed by atoms with van der Waals surface area (Å²) in [5, 5.41) is 5.73. The predicted octanol–water partition coefficient (Wildman–Crippen LogP) is 3.26. The number of hydrogen-bond donors (Lipinski definition) is 1. The van der Waals surface area contributed by atoms with Crippen molar-refractivity contribution in [3.8, 4) is 0 Å². The average molecular weight is 445 g/mol. The molecule has 8 heteroatoms. The highest BCUT2D eigenvalue weighted by atomic mass is 32.1. The van der Waals surface area contributed by atoms with Gasteiger partial charge in [-0.25, -0.2) is 4.98 Å². The van der Waals surface area contributed by atoms with Crippen LogP contribution in [0.25, 0.3) is 0 Å². The van der Waals surface area contributed by atoms with Crippen LogP contribution in [-0.4, -0.2) is 77.3 Å². The molecule has 170 valence electrons. The molecule has 2 saturated heterocycles. The molecular formula is C23H36N6OS. The van der Waals surface area contributed by atoms with Crippen molar-refractivity contribution in [2.45, 2.75) is 45.4 Å². The van der Waals surface area contributed by atoms with E-state index in [1.54, 1.807) is 0 Å². The Morgan fingerprint density at radius 3 is 2.97 bits per heavy atom. The quantitative estimate of drug-likeness (QED) is 0.548. The summed E-state index contributed by atoms with van der Waals surface area (Å²) in [6.45, 7) is 13.0. The van der Waals surface area contributed by atoms with E-state index < -0.39 is 0 Å². The molecule has 2 aromatic heterocycles. The smallest absolute Gasteiger partial charge is 0.194 e. The zero-order valence-electron chi connectivity index (χ0n) is 19.0. The third-order valence-corrected chi connectivity index (χ3v) is 7.43. The first-order valence-corrected chi connectivity index (χ1v) is 12.4. The largest absolute Gasteiger partial charge is 0.376 e. The minimum absolute atomic E-state index is 0.271. The van der Waals surface area contributed by atoms with Crippen molar-refractivity contribution in [1.29, 1.82) is 0 Å². The zero-order valence-corrected chi connectivity index (χ0v) is 19.8. The van der Waals surface area contributed by atoms with Gasteiger partial charge in [-0.15, -0.1) is 11.3 Å². The lowest BCUT2D eigenvalue weighted by atomic mass is 9.93. The molecule has 0 saturated carbocycles. The molecule has 2 aliphatic heterocycles. The number of nitrogens with one attached hydrogen (secondary N) is 1. The van der Waals surface area contributed by atoms with Crippen molar-refractivity contribution in [2.75, 3.05) is 45.9 Å². The molecule has 31 heavy (non-hydrogen) atoms. The molecule has 4 atom stereocenters. The summed E-state index contributed by atoms with van der Waals surface area (Å²) in [4.78, 5) is 15.8. The van der Waals surface area contributed by atoms with Gasteiger partial charge < -0.3 is 19.5 Å². The molecule has 0 spiro atoms. The van der Waals surface area contributed by atoms with Crippen LogP contribution in [-0.2, 0) is 4.74 Å². The number of morpholine rings is 1. The van der Waals surface area contributed by atoms with Crippen LogP contribution in [0.3, 0.4) is 0 Å². The fourth-order valence-corrected chi connectivity index (χ4v) is 5.54. The highest BCUT2D eigenvalue weighted by Crippen LogP contribution is 2.29. The normalized spacial score (nSPS) is 26.7.